The maximum absolute atomic E-state index is 13.4. The third-order valence-corrected chi connectivity index (χ3v) is 6.25. The number of ether oxygens (including phenoxy) is 2. The molecule has 1 N–H and O–H groups in total. The van der Waals surface area contributed by atoms with Gasteiger partial charge in [0.2, 0.25) is 5.91 Å². The van der Waals surface area contributed by atoms with Gasteiger partial charge in [-0.1, -0.05) is 48.5 Å². The highest BCUT2D eigenvalue weighted by Crippen LogP contribution is 2.24. The Morgan fingerprint density at radius 1 is 0.971 bits per heavy atom. The summed E-state index contributed by atoms with van der Waals surface area (Å²) >= 11 is 0. The normalized spacial score (nSPS) is 15.9. The Labute approximate surface area is 203 Å². The number of H-pyrrole nitrogens is 1. The molecule has 0 spiro atoms. The van der Waals surface area contributed by atoms with Crippen LogP contribution in [-0.4, -0.2) is 59.4 Å². The smallest absolute Gasteiger partial charge is 0.270 e. The molecule has 3 aromatic carbocycles. The molecular formula is C28H27N3O4. The lowest BCUT2D eigenvalue weighted by molar-refractivity contribution is -0.140. The molecule has 0 aliphatic carbocycles. The molecule has 7 nitrogen and oxygen atoms in total. The van der Waals surface area contributed by atoms with Crippen LogP contribution in [0, 0.1) is 0 Å². The van der Waals surface area contributed by atoms with Crippen LogP contribution in [0.5, 0.6) is 11.5 Å². The summed E-state index contributed by atoms with van der Waals surface area (Å²) in [5.74, 6) is 1.14. The summed E-state index contributed by atoms with van der Waals surface area (Å²) in [6, 6.07) is 26.5. The summed E-state index contributed by atoms with van der Waals surface area (Å²) < 4.78 is 11.3. The van der Waals surface area contributed by atoms with E-state index < -0.39 is 0 Å². The van der Waals surface area contributed by atoms with Crippen molar-refractivity contribution in [3.63, 3.8) is 0 Å². The van der Waals surface area contributed by atoms with Crippen molar-refractivity contribution in [2.24, 2.45) is 0 Å². The number of hydrogen-bond donors (Lipinski definition) is 1. The van der Waals surface area contributed by atoms with Gasteiger partial charge in [0.1, 0.15) is 30.3 Å². The molecule has 1 aliphatic rings. The first kappa shape index (κ1) is 22.5. The summed E-state index contributed by atoms with van der Waals surface area (Å²) in [6.45, 7) is 1.15. The molecule has 5 rings (SSSR count). The Balaban J connectivity index is 1.37. The summed E-state index contributed by atoms with van der Waals surface area (Å²) in [6.07, 6.45) is 0. The Morgan fingerprint density at radius 3 is 2.46 bits per heavy atom. The number of rotatable bonds is 7. The van der Waals surface area contributed by atoms with Gasteiger partial charge in [0, 0.05) is 24.0 Å². The highest BCUT2D eigenvalue weighted by molar-refractivity contribution is 6.00. The molecule has 178 valence electrons. The van der Waals surface area contributed by atoms with Crippen molar-refractivity contribution >= 4 is 22.7 Å². The van der Waals surface area contributed by atoms with Crippen molar-refractivity contribution in [1.82, 2.24) is 14.8 Å². The van der Waals surface area contributed by atoms with Gasteiger partial charge < -0.3 is 24.3 Å². The topological polar surface area (TPSA) is 74.9 Å². The lowest BCUT2D eigenvalue weighted by Gasteiger charge is -2.40. The lowest BCUT2D eigenvalue weighted by atomic mass is 10.1. The fourth-order valence-electron chi connectivity index (χ4n) is 4.40. The first-order chi connectivity index (χ1) is 17.1. The first-order valence-electron chi connectivity index (χ1n) is 11.6. The minimum Gasteiger partial charge on any atom is -0.497 e. The van der Waals surface area contributed by atoms with Gasteiger partial charge in [-0.05, 0) is 42.0 Å². The van der Waals surface area contributed by atoms with E-state index in [0.29, 0.717) is 18.8 Å². The molecule has 1 fully saturated rings. The summed E-state index contributed by atoms with van der Waals surface area (Å²) in [5, 5.41) is 0.880. The van der Waals surface area contributed by atoms with E-state index in [1.54, 1.807) is 18.1 Å². The quantitative estimate of drug-likeness (QED) is 0.442. The number of aromatic amines is 1. The molecule has 1 aliphatic heterocycles. The number of nitrogens with zero attached hydrogens (tertiary/aromatic N) is 2. The number of nitrogens with one attached hydrogen (secondary N) is 1. The zero-order chi connectivity index (χ0) is 24.2. The molecule has 4 aromatic rings. The second-order valence-corrected chi connectivity index (χ2v) is 8.61. The average Bonchev–Trinajstić information content (AvgIpc) is 3.33. The molecule has 0 radical (unpaired) electrons. The van der Waals surface area contributed by atoms with Crippen LogP contribution in [0.25, 0.3) is 10.9 Å². The Morgan fingerprint density at radius 2 is 1.71 bits per heavy atom. The van der Waals surface area contributed by atoms with Crippen molar-refractivity contribution in [1.29, 1.82) is 0 Å². The number of methoxy groups -OCH3 is 1. The van der Waals surface area contributed by atoms with E-state index in [0.717, 1.165) is 28.0 Å². The Hall–Kier alpha value is -4.26. The molecule has 0 unspecified atom stereocenters. The van der Waals surface area contributed by atoms with Gasteiger partial charge >= 0.3 is 0 Å². The molecule has 1 aromatic heterocycles. The molecule has 1 atom stereocenters. The number of aromatic nitrogens is 1. The number of hydrogen-bond acceptors (Lipinski definition) is 4. The van der Waals surface area contributed by atoms with Gasteiger partial charge in [-0.15, -0.1) is 0 Å². The minimum absolute atomic E-state index is 0.0200. The lowest BCUT2D eigenvalue weighted by Crippen LogP contribution is -2.59. The van der Waals surface area contributed by atoms with Crippen LogP contribution < -0.4 is 9.47 Å². The Bertz CT molecular complexity index is 1320. The van der Waals surface area contributed by atoms with E-state index in [1.165, 1.54) is 0 Å². The van der Waals surface area contributed by atoms with Gasteiger partial charge in [0.15, 0.2) is 0 Å². The second kappa shape index (κ2) is 9.93. The summed E-state index contributed by atoms with van der Waals surface area (Å²) in [5.41, 5.74) is 2.32. The third-order valence-electron chi connectivity index (χ3n) is 6.25. The van der Waals surface area contributed by atoms with Crippen LogP contribution in [-0.2, 0) is 11.3 Å². The van der Waals surface area contributed by atoms with Crippen molar-refractivity contribution < 1.29 is 19.1 Å². The second-order valence-electron chi connectivity index (χ2n) is 8.61. The fraction of sp³-hybridized carbons (Fsp3) is 0.214. The molecule has 1 saturated heterocycles. The monoisotopic (exact) mass is 469 g/mol. The standard InChI is InChI=1S/C28H27N3O4/c1-34-24-12-13-25-21(14-24)15-26(29-25)28(33)30-17-22(19-35-23-10-6-3-7-11-23)31(27(32)18-30)16-20-8-4-2-5-9-20/h2-15,22,29H,16-19H2,1H3/t22-/m1/s1. The largest absolute Gasteiger partial charge is 0.497 e. The van der Waals surface area contributed by atoms with Crippen molar-refractivity contribution in [2.75, 3.05) is 26.8 Å². The van der Waals surface area contributed by atoms with Gasteiger partial charge in [-0.25, -0.2) is 0 Å². The number of para-hydroxylation sites is 1. The minimum atomic E-state index is -0.287. The number of fused-ring (bicyclic) bond motifs is 1. The zero-order valence-corrected chi connectivity index (χ0v) is 19.5. The number of carbonyl (C=O) groups is 2. The molecule has 2 heterocycles. The molecular weight excluding hydrogens is 442 g/mol. The third kappa shape index (κ3) is 4.99. The fourth-order valence-corrected chi connectivity index (χ4v) is 4.40. The number of amides is 2. The molecule has 2 amide bonds. The van der Waals surface area contributed by atoms with E-state index in [9.17, 15) is 9.59 Å². The van der Waals surface area contributed by atoms with Crippen molar-refractivity contribution in [3.8, 4) is 11.5 Å². The number of carbonyl (C=O) groups excluding carboxylic acids is 2. The van der Waals surface area contributed by atoms with Crippen LogP contribution in [0.1, 0.15) is 16.1 Å². The van der Waals surface area contributed by atoms with Gasteiger partial charge in [-0.3, -0.25) is 9.59 Å². The molecule has 0 saturated carbocycles. The predicted molar refractivity (Wildman–Crippen MR) is 133 cm³/mol. The highest BCUT2D eigenvalue weighted by Gasteiger charge is 2.36. The van der Waals surface area contributed by atoms with E-state index in [-0.39, 0.29) is 31.0 Å². The van der Waals surface area contributed by atoms with E-state index in [4.69, 9.17) is 9.47 Å². The van der Waals surface area contributed by atoms with Crippen molar-refractivity contribution in [2.45, 2.75) is 12.6 Å². The summed E-state index contributed by atoms with van der Waals surface area (Å²) in [7, 11) is 1.61. The first-order valence-corrected chi connectivity index (χ1v) is 11.6. The molecule has 0 bridgehead atoms. The van der Waals surface area contributed by atoms with E-state index >= 15 is 0 Å². The maximum atomic E-state index is 13.4. The average molecular weight is 470 g/mol. The highest BCUT2D eigenvalue weighted by atomic mass is 16.5. The number of piperazine rings is 1. The van der Waals surface area contributed by atoms with Crippen LogP contribution in [0.15, 0.2) is 84.9 Å². The van der Waals surface area contributed by atoms with Crippen LogP contribution >= 0.6 is 0 Å². The Kier molecular flexibility index (Phi) is 6.39. The van der Waals surface area contributed by atoms with Gasteiger partial charge in [0.25, 0.3) is 5.91 Å². The van der Waals surface area contributed by atoms with Gasteiger partial charge in [0.05, 0.1) is 13.2 Å². The maximum Gasteiger partial charge on any atom is 0.270 e. The van der Waals surface area contributed by atoms with E-state index in [2.05, 4.69) is 4.98 Å². The molecule has 7 heteroatoms. The van der Waals surface area contributed by atoms with Crippen molar-refractivity contribution in [3.05, 3.63) is 96.2 Å². The van der Waals surface area contributed by atoms with Crippen LogP contribution in [0.4, 0.5) is 0 Å². The zero-order valence-electron chi connectivity index (χ0n) is 19.5. The predicted octanol–water partition coefficient (Wildman–Crippen LogP) is 4.11. The van der Waals surface area contributed by atoms with E-state index in [1.807, 2.05) is 83.8 Å². The molecule has 35 heavy (non-hydrogen) atoms. The van der Waals surface area contributed by atoms with Gasteiger partial charge in [-0.2, -0.15) is 0 Å². The van der Waals surface area contributed by atoms with Crippen LogP contribution in [0.3, 0.4) is 0 Å². The summed E-state index contributed by atoms with van der Waals surface area (Å²) in [4.78, 5) is 33.3. The number of benzene rings is 3. The van der Waals surface area contributed by atoms with Crippen LogP contribution in [0.2, 0.25) is 0 Å². The SMILES string of the molecule is COc1ccc2[nH]c(C(=O)N3CC(=O)N(Cc4ccccc4)[C@@H](COc4ccccc4)C3)cc2c1.